The number of rotatable bonds is 3. The van der Waals surface area contributed by atoms with Gasteiger partial charge in [0.2, 0.25) is 0 Å². The zero-order valence-electron chi connectivity index (χ0n) is 10.9. The van der Waals surface area contributed by atoms with E-state index < -0.39 is 0 Å². The van der Waals surface area contributed by atoms with Crippen molar-refractivity contribution in [3.63, 3.8) is 0 Å². The molecular weight excluding hydrogens is 210 g/mol. The Kier molecular flexibility index (Phi) is 3.57. The van der Waals surface area contributed by atoms with Gasteiger partial charge in [-0.2, -0.15) is 0 Å². The molecule has 0 atom stereocenters. The van der Waals surface area contributed by atoms with Crippen molar-refractivity contribution in [3.05, 3.63) is 24.3 Å². The van der Waals surface area contributed by atoms with Gasteiger partial charge in [0.05, 0.1) is 11.4 Å². The van der Waals surface area contributed by atoms with Gasteiger partial charge in [0.25, 0.3) is 0 Å². The lowest BCUT2D eigenvalue weighted by atomic mass is 9.80. The summed E-state index contributed by atoms with van der Waals surface area (Å²) >= 11 is 0. The smallest absolute Gasteiger partial charge is 0.0601 e. The van der Waals surface area contributed by atoms with Gasteiger partial charge in [-0.1, -0.05) is 19.1 Å². The van der Waals surface area contributed by atoms with Crippen molar-refractivity contribution in [1.82, 2.24) is 0 Å². The highest BCUT2D eigenvalue weighted by atomic mass is 15.2. The molecule has 3 heteroatoms. The van der Waals surface area contributed by atoms with E-state index in [2.05, 4.69) is 41.4 Å². The van der Waals surface area contributed by atoms with E-state index in [0.29, 0.717) is 5.41 Å². The molecule has 17 heavy (non-hydrogen) atoms. The van der Waals surface area contributed by atoms with Gasteiger partial charge in [-0.15, -0.1) is 0 Å². The monoisotopic (exact) mass is 233 g/mol. The predicted molar refractivity (Wildman–Crippen MR) is 74.6 cm³/mol. The van der Waals surface area contributed by atoms with Crippen LogP contribution >= 0.6 is 0 Å². The number of nitrogens with two attached hydrogens (primary N) is 1. The highest BCUT2D eigenvalue weighted by Gasteiger charge is 2.29. The molecule has 0 radical (unpaired) electrons. The van der Waals surface area contributed by atoms with Gasteiger partial charge >= 0.3 is 0 Å². The highest BCUT2D eigenvalue weighted by Crippen LogP contribution is 2.34. The van der Waals surface area contributed by atoms with Gasteiger partial charge in [0, 0.05) is 20.1 Å². The number of hydrogen-bond donors (Lipinski definition) is 2. The molecule has 0 unspecified atom stereocenters. The van der Waals surface area contributed by atoms with E-state index >= 15 is 0 Å². The lowest BCUT2D eigenvalue weighted by molar-refractivity contribution is 0.258. The summed E-state index contributed by atoms with van der Waals surface area (Å²) in [6, 6.07) is 8.50. The summed E-state index contributed by atoms with van der Waals surface area (Å²) in [5.74, 6) is 0. The number of benzene rings is 1. The molecule has 3 N–H and O–H groups in total. The quantitative estimate of drug-likeness (QED) is 0.841. The van der Waals surface area contributed by atoms with Gasteiger partial charge in [-0.3, -0.25) is 0 Å². The Labute approximate surface area is 104 Å². The Morgan fingerprint density at radius 2 is 1.94 bits per heavy atom. The molecule has 3 nitrogen and oxygen atoms in total. The summed E-state index contributed by atoms with van der Waals surface area (Å²) in [4.78, 5) is 2.46. The fourth-order valence-corrected chi connectivity index (χ4v) is 2.45. The summed E-state index contributed by atoms with van der Waals surface area (Å²) in [5.41, 5.74) is 8.71. The maximum atomic E-state index is 5.85. The first-order valence-electron chi connectivity index (χ1n) is 6.40. The van der Waals surface area contributed by atoms with Crippen molar-refractivity contribution >= 4 is 11.4 Å². The van der Waals surface area contributed by atoms with Crippen LogP contribution < -0.4 is 16.0 Å². The van der Waals surface area contributed by atoms with E-state index in [9.17, 15) is 0 Å². The molecular formula is C14H23N3. The van der Waals surface area contributed by atoms with Gasteiger partial charge < -0.3 is 16.0 Å². The third kappa shape index (κ3) is 2.55. The summed E-state index contributed by atoms with van der Waals surface area (Å²) in [7, 11) is 1.98. The van der Waals surface area contributed by atoms with Crippen LogP contribution in [0.1, 0.15) is 19.8 Å². The van der Waals surface area contributed by atoms with Crippen LogP contribution in [0.2, 0.25) is 0 Å². The topological polar surface area (TPSA) is 41.3 Å². The predicted octanol–water partition coefficient (Wildman–Crippen LogP) is 2.29. The fraction of sp³-hybridized carbons (Fsp3) is 0.571. The molecule has 0 amide bonds. The second kappa shape index (κ2) is 4.96. The van der Waals surface area contributed by atoms with E-state index in [0.717, 1.165) is 19.6 Å². The molecule has 1 aliphatic rings. The summed E-state index contributed by atoms with van der Waals surface area (Å²) in [6.07, 6.45) is 2.36. The maximum Gasteiger partial charge on any atom is 0.0601 e. The Morgan fingerprint density at radius 1 is 1.29 bits per heavy atom. The van der Waals surface area contributed by atoms with Crippen LogP contribution in [-0.2, 0) is 0 Å². The summed E-state index contributed by atoms with van der Waals surface area (Å²) in [5, 5.41) is 3.26. The Hall–Kier alpha value is -1.22. The molecule has 1 fully saturated rings. The van der Waals surface area contributed by atoms with Crippen LogP contribution in [0.3, 0.4) is 0 Å². The Morgan fingerprint density at radius 3 is 2.53 bits per heavy atom. The maximum absolute atomic E-state index is 5.85. The SMILES string of the molecule is CNc1ccccc1N1CCC(C)(CN)CC1. The molecule has 0 spiro atoms. The second-order valence-electron chi connectivity index (χ2n) is 5.27. The van der Waals surface area contributed by atoms with Gasteiger partial charge in [0.15, 0.2) is 0 Å². The molecule has 1 aromatic rings. The van der Waals surface area contributed by atoms with Gasteiger partial charge in [0.1, 0.15) is 0 Å². The van der Waals surface area contributed by atoms with Crippen molar-refractivity contribution in [1.29, 1.82) is 0 Å². The highest BCUT2D eigenvalue weighted by molar-refractivity contribution is 5.69. The van der Waals surface area contributed by atoms with Crippen LogP contribution in [-0.4, -0.2) is 26.7 Å². The van der Waals surface area contributed by atoms with Crippen LogP contribution in [0, 0.1) is 5.41 Å². The van der Waals surface area contributed by atoms with E-state index in [4.69, 9.17) is 5.73 Å². The van der Waals surface area contributed by atoms with E-state index in [1.54, 1.807) is 0 Å². The molecule has 2 rings (SSSR count). The van der Waals surface area contributed by atoms with Crippen molar-refractivity contribution in [2.45, 2.75) is 19.8 Å². The third-order valence-corrected chi connectivity index (χ3v) is 3.98. The molecule has 1 saturated heterocycles. The average molecular weight is 233 g/mol. The summed E-state index contributed by atoms with van der Waals surface area (Å²) < 4.78 is 0. The molecule has 1 aliphatic heterocycles. The van der Waals surface area contributed by atoms with E-state index in [1.165, 1.54) is 24.2 Å². The van der Waals surface area contributed by atoms with E-state index in [-0.39, 0.29) is 0 Å². The van der Waals surface area contributed by atoms with Crippen LogP contribution in [0.15, 0.2) is 24.3 Å². The van der Waals surface area contributed by atoms with Crippen molar-refractivity contribution in [2.75, 3.05) is 36.9 Å². The molecule has 1 aromatic carbocycles. The van der Waals surface area contributed by atoms with Crippen LogP contribution in [0.4, 0.5) is 11.4 Å². The Balaban J connectivity index is 2.10. The van der Waals surface area contributed by atoms with Gasteiger partial charge in [-0.05, 0) is 36.9 Å². The minimum Gasteiger partial charge on any atom is -0.386 e. The Bertz CT molecular complexity index is 367. The van der Waals surface area contributed by atoms with E-state index in [1.807, 2.05) is 7.05 Å². The van der Waals surface area contributed by atoms with Gasteiger partial charge in [-0.25, -0.2) is 0 Å². The zero-order valence-corrected chi connectivity index (χ0v) is 10.9. The molecule has 0 aromatic heterocycles. The number of nitrogens with zero attached hydrogens (tertiary/aromatic N) is 1. The van der Waals surface area contributed by atoms with Crippen molar-refractivity contribution < 1.29 is 0 Å². The molecule has 94 valence electrons. The number of hydrogen-bond acceptors (Lipinski definition) is 3. The lowest BCUT2D eigenvalue weighted by Gasteiger charge is -2.40. The molecule has 0 saturated carbocycles. The number of piperidine rings is 1. The summed E-state index contributed by atoms with van der Waals surface area (Å²) in [6.45, 7) is 5.31. The lowest BCUT2D eigenvalue weighted by Crippen LogP contribution is -2.42. The second-order valence-corrected chi connectivity index (χ2v) is 5.27. The minimum atomic E-state index is 0.338. The first kappa shape index (κ1) is 12.2. The number of para-hydroxylation sites is 2. The van der Waals surface area contributed by atoms with Crippen molar-refractivity contribution in [2.24, 2.45) is 11.1 Å². The fourth-order valence-electron chi connectivity index (χ4n) is 2.45. The largest absolute Gasteiger partial charge is 0.386 e. The average Bonchev–Trinajstić information content (AvgIpc) is 2.40. The third-order valence-electron chi connectivity index (χ3n) is 3.98. The van der Waals surface area contributed by atoms with Crippen LogP contribution in [0.5, 0.6) is 0 Å². The van der Waals surface area contributed by atoms with Crippen molar-refractivity contribution in [3.8, 4) is 0 Å². The molecule has 0 bridgehead atoms. The number of nitrogens with one attached hydrogen (secondary N) is 1. The molecule has 0 aliphatic carbocycles. The standard InChI is InChI=1S/C14H23N3/c1-14(11-15)7-9-17(10-8-14)13-6-4-3-5-12(13)16-2/h3-6,16H,7-11,15H2,1-2H3. The zero-order chi connectivity index (χ0) is 12.3. The molecule has 1 heterocycles. The normalized spacial score (nSPS) is 19.1. The number of anilines is 2. The minimum absolute atomic E-state index is 0.338. The van der Waals surface area contributed by atoms with Crippen LogP contribution in [0.25, 0.3) is 0 Å². The first-order valence-corrected chi connectivity index (χ1v) is 6.40. The first-order chi connectivity index (χ1) is 8.18.